The highest BCUT2D eigenvalue weighted by Gasteiger charge is 2.31. The molecule has 35 heavy (non-hydrogen) atoms. The maximum atomic E-state index is 13.2. The predicted octanol–water partition coefficient (Wildman–Crippen LogP) is 4.55. The first kappa shape index (κ1) is 25.0. The number of nitrogens with one attached hydrogen (secondary N) is 1. The molecule has 0 spiro atoms. The van der Waals surface area contributed by atoms with Crippen LogP contribution in [-0.2, 0) is 9.53 Å². The number of esters is 1. The third-order valence-corrected chi connectivity index (χ3v) is 4.90. The minimum Gasteiger partial charge on any atom is -0.497 e. The van der Waals surface area contributed by atoms with Gasteiger partial charge in [-0.15, -0.1) is 0 Å². The molecule has 1 N–H and O–H groups in total. The number of carbonyl (C=O) groups is 2. The van der Waals surface area contributed by atoms with Crippen molar-refractivity contribution < 1.29 is 33.5 Å². The molecule has 0 heterocycles. The second-order valence-corrected chi connectivity index (χ2v) is 7.13. The van der Waals surface area contributed by atoms with Gasteiger partial charge in [-0.3, -0.25) is 14.9 Å². The van der Waals surface area contributed by atoms with Crippen LogP contribution in [0.4, 0.5) is 11.4 Å². The fourth-order valence-electron chi connectivity index (χ4n) is 3.27. The Balaban J connectivity index is 1.96. The smallest absolute Gasteiger partial charge is 0.346 e. The summed E-state index contributed by atoms with van der Waals surface area (Å²) in [6.45, 7) is 1.94. The molecule has 1 amide bonds. The lowest BCUT2D eigenvalue weighted by Gasteiger charge is -2.19. The molecule has 10 nitrogen and oxygen atoms in total. The number of benzene rings is 3. The lowest BCUT2D eigenvalue weighted by Crippen LogP contribution is -2.26. The minimum atomic E-state index is -1.40. The number of carbonyl (C=O) groups excluding carboxylic acids is 2. The molecular formula is C25H24N2O8. The van der Waals surface area contributed by atoms with Crippen molar-refractivity contribution in [1.29, 1.82) is 0 Å². The number of ether oxygens (including phenoxy) is 4. The summed E-state index contributed by atoms with van der Waals surface area (Å²) >= 11 is 0. The van der Waals surface area contributed by atoms with E-state index in [2.05, 4.69) is 5.32 Å². The Kier molecular flexibility index (Phi) is 8.23. The maximum absolute atomic E-state index is 13.2. The molecule has 0 saturated carbocycles. The number of hydrogen-bond acceptors (Lipinski definition) is 8. The van der Waals surface area contributed by atoms with E-state index < -0.39 is 28.6 Å². The lowest BCUT2D eigenvalue weighted by atomic mass is 10.1. The zero-order chi connectivity index (χ0) is 25.4. The number of anilines is 1. The Morgan fingerprint density at radius 2 is 1.71 bits per heavy atom. The van der Waals surface area contributed by atoms with E-state index in [1.807, 2.05) is 0 Å². The van der Waals surface area contributed by atoms with Gasteiger partial charge in [0.15, 0.2) is 11.5 Å². The van der Waals surface area contributed by atoms with E-state index in [1.165, 1.54) is 14.2 Å². The zero-order valence-corrected chi connectivity index (χ0v) is 19.3. The van der Waals surface area contributed by atoms with E-state index in [9.17, 15) is 19.7 Å². The van der Waals surface area contributed by atoms with Crippen molar-refractivity contribution in [3.8, 4) is 17.2 Å². The van der Waals surface area contributed by atoms with E-state index in [0.717, 1.165) is 12.1 Å². The molecule has 3 aromatic carbocycles. The Bertz CT molecular complexity index is 1210. The van der Waals surface area contributed by atoms with Crippen LogP contribution in [0.2, 0.25) is 0 Å². The van der Waals surface area contributed by atoms with Crippen LogP contribution >= 0.6 is 0 Å². The van der Waals surface area contributed by atoms with E-state index in [4.69, 9.17) is 18.9 Å². The average Bonchev–Trinajstić information content (AvgIpc) is 2.87. The summed E-state index contributed by atoms with van der Waals surface area (Å²) in [7, 11) is 2.83. The fourth-order valence-corrected chi connectivity index (χ4v) is 3.27. The largest absolute Gasteiger partial charge is 0.497 e. The maximum Gasteiger partial charge on any atom is 0.346 e. The SMILES string of the molecule is CCOc1cc([N+](=O)[O-])c(C(=O)OC(C(=O)Nc2cccc(OC)c2)c2ccccc2)cc1OC. The molecule has 0 aliphatic carbocycles. The van der Waals surface area contributed by atoms with Gasteiger partial charge in [0.05, 0.1) is 31.8 Å². The third-order valence-electron chi connectivity index (χ3n) is 4.90. The number of nitro benzene ring substituents is 1. The van der Waals surface area contributed by atoms with Crippen molar-refractivity contribution in [2.75, 3.05) is 26.1 Å². The summed E-state index contributed by atoms with van der Waals surface area (Å²) in [6, 6.07) is 17.2. The second kappa shape index (κ2) is 11.5. The van der Waals surface area contributed by atoms with Crippen LogP contribution in [-0.4, -0.2) is 37.6 Å². The third kappa shape index (κ3) is 6.05. The summed E-state index contributed by atoms with van der Waals surface area (Å²) in [5.74, 6) is -0.991. The van der Waals surface area contributed by atoms with Crippen LogP contribution in [0.3, 0.4) is 0 Å². The molecular weight excluding hydrogens is 456 g/mol. The van der Waals surface area contributed by atoms with Crippen molar-refractivity contribution in [1.82, 2.24) is 0 Å². The van der Waals surface area contributed by atoms with Gasteiger partial charge in [0.2, 0.25) is 6.10 Å². The summed E-state index contributed by atoms with van der Waals surface area (Å²) in [4.78, 5) is 37.2. The van der Waals surface area contributed by atoms with Crippen molar-refractivity contribution >= 4 is 23.3 Å². The normalized spacial score (nSPS) is 11.2. The van der Waals surface area contributed by atoms with Crippen molar-refractivity contribution in [2.24, 2.45) is 0 Å². The lowest BCUT2D eigenvalue weighted by molar-refractivity contribution is -0.385. The molecule has 0 aliphatic heterocycles. The van der Waals surface area contributed by atoms with Gasteiger partial charge >= 0.3 is 5.97 Å². The first-order valence-electron chi connectivity index (χ1n) is 10.6. The van der Waals surface area contributed by atoms with Gasteiger partial charge in [0, 0.05) is 23.4 Å². The number of hydrogen-bond donors (Lipinski definition) is 1. The predicted molar refractivity (Wildman–Crippen MR) is 127 cm³/mol. The van der Waals surface area contributed by atoms with Crippen LogP contribution in [0, 0.1) is 10.1 Å². The Morgan fingerprint density at radius 3 is 2.34 bits per heavy atom. The standard InChI is InChI=1S/C25H24N2O8/c1-4-34-22-15-20(27(30)31)19(14-21(22)33-3)25(29)35-23(16-9-6-5-7-10-16)24(28)26-17-11-8-12-18(13-17)32-2/h5-15,23H,4H2,1-3H3,(H,26,28). The van der Waals surface area contributed by atoms with Gasteiger partial charge in [-0.25, -0.2) is 4.79 Å². The molecule has 0 fully saturated rings. The quantitative estimate of drug-likeness (QED) is 0.254. The molecule has 3 rings (SSSR count). The monoisotopic (exact) mass is 480 g/mol. The summed E-state index contributed by atoms with van der Waals surface area (Å²) in [5.41, 5.74) is -0.133. The van der Waals surface area contributed by atoms with E-state index in [0.29, 0.717) is 17.0 Å². The Hall–Kier alpha value is -4.60. The zero-order valence-electron chi connectivity index (χ0n) is 19.3. The van der Waals surface area contributed by atoms with E-state index in [1.54, 1.807) is 61.5 Å². The van der Waals surface area contributed by atoms with Crippen molar-refractivity contribution in [3.63, 3.8) is 0 Å². The van der Waals surface area contributed by atoms with Crippen molar-refractivity contribution in [3.05, 3.63) is 88.0 Å². The molecule has 0 aliphatic rings. The van der Waals surface area contributed by atoms with Crippen LogP contribution in [0.5, 0.6) is 17.2 Å². The average molecular weight is 480 g/mol. The van der Waals surface area contributed by atoms with Crippen LogP contribution in [0.15, 0.2) is 66.7 Å². The van der Waals surface area contributed by atoms with E-state index >= 15 is 0 Å². The number of nitro groups is 1. The van der Waals surface area contributed by atoms with Gasteiger partial charge in [-0.2, -0.15) is 0 Å². The molecule has 0 bridgehead atoms. The Morgan fingerprint density at radius 1 is 0.971 bits per heavy atom. The van der Waals surface area contributed by atoms with Gasteiger partial charge in [0.25, 0.3) is 11.6 Å². The first-order chi connectivity index (χ1) is 16.9. The Labute approximate surface area is 201 Å². The second-order valence-electron chi connectivity index (χ2n) is 7.13. The van der Waals surface area contributed by atoms with Gasteiger partial charge in [-0.1, -0.05) is 36.4 Å². The van der Waals surface area contributed by atoms with Gasteiger partial charge in [0.1, 0.15) is 11.3 Å². The minimum absolute atomic E-state index is 0.105. The molecule has 0 saturated heterocycles. The van der Waals surface area contributed by atoms with Gasteiger partial charge < -0.3 is 24.3 Å². The number of amides is 1. The van der Waals surface area contributed by atoms with Gasteiger partial charge in [-0.05, 0) is 19.1 Å². The molecule has 1 unspecified atom stereocenters. The summed E-state index contributed by atoms with van der Waals surface area (Å²) in [5, 5.41) is 14.4. The highest BCUT2D eigenvalue weighted by molar-refractivity contribution is 6.00. The van der Waals surface area contributed by atoms with Crippen molar-refractivity contribution in [2.45, 2.75) is 13.0 Å². The molecule has 182 valence electrons. The molecule has 1 atom stereocenters. The first-order valence-corrected chi connectivity index (χ1v) is 10.6. The number of rotatable bonds is 10. The highest BCUT2D eigenvalue weighted by atomic mass is 16.6. The number of methoxy groups -OCH3 is 2. The highest BCUT2D eigenvalue weighted by Crippen LogP contribution is 2.36. The molecule has 0 radical (unpaired) electrons. The summed E-state index contributed by atoms with van der Waals surface area (Å²) in [6.07, 6.45) is -1.40. The van der Waals surface area contributed by atoms with E-state index in [-0.39, 0.29) is 23.7 Å². The molecule has 0 aromatic heterocycles. The fraction of sp³-hybridized carbons (Fsp3) is 0.200. The topological polar surface area (TPSA) is 126 Å². The molecule has 10 heteroatoms. The number of nitrogens with zero attached hydrogens (tertiary/aromatic N) is 1. The van der Waals surface area contributed by atoms with Crippen LogP contribution in [0.25, 0.3) is 0 Å². The summed E-state index contributed by atoms with van der Waals surface area (Å²) < 4.78 is 21.3. The van der Waals surface area contributed by atoms with Crippen LogP contribution in [0.1, 0.15) is 28.9 Å². The van der Waals surface area contributed by atoms with Crippen LogP contribution < -0.4 is 19.5 Å². The molecule has 3 aromatic rings.